The van der Waals surface area contributed by atoms with Crippen LogP contribution in [0.3, 0.4) is 0 Å². The van der Waals surface area contributed by atoms with Gasteiger partial charge < -0.3 is 10.1 Å². The van der Waals surface area contributed by atoms with Crippen LogP contribution in [0.5, 0.6) is 5.75 Å². The Hall–Kier alpha value is -1.60. The molecule has 0 radical (unpaired) electrons. The van der Waals surface area contributed by atoms with Crippen LogP contribution in [0.1, 0.15) is 55.3 Å². The third kappa shape index (κ3) is 3.54. The normalized spacial score (nSPS) is 29.9. The Morgan fingerprint density at radius 3 is 2.64 bits per heavy atom. The van der Waals surface area contributed by atoms with E-state index in [0.717, 1.165) is 25.1 Å². The molecule has 4 rings (SSSR count). The Bertz CT molecular complexity index is 859. The molecule has 1 atom stereocenters. The molecule has 0 spiro atoms. The second kappa shape index (κ2) is 7.34. The number of ether oxygens (including phenoxy) is 1. The van der Waals surface area contributed by atoms with E-state index in [9.17, 15) is 13.2 Å². The fourth-order valence-corrected chi connectivity index (χ4v) is 6.29. The van der Waals surface area contributed by atoms with E-state index in [-0.39, 0.29) is 16.4 Å². The fraction of sp³-hybridized carbons (Fsp3) is 0.667. The number of likely N-dealkylation sites (tertiary alicyclic amines) is 1. The van der Waals surface area contributed by atoms with Crippen LogP contribution < -0.4 is 10.1 Å². The van der Waals surface area contributed by atoms with Crippen LogP contribution in [-0.4, -0.2) is 57.3 Å². The minimum absolute atomic E-state index is 0.128. The third-order valence-electron chi connectivity index (χ3n) is 7.03. The maximum Gasteiger partial charge on any atom is 0.255 e. The number of amides is 1. The molecule has 2 aliphatic carbocycles. The number of sulfone groups is 1. The van der Waals surface area contributed by atoms with Crippen molar-refractivity contribution in [1.29, 1.82) is 0 Å². The SMILES string of the molecule is COc1ccc(S(C)(=O)=O)cc1C(=O)NCC1CCCN1C12CCC(CC1)C2. The molecule has 1 heterocycles. The van der Waals surface area contributed by atoms with Gasteiger partial charge in [0.05, 0.1) is 17.6 Å². The predicted molar refractivity (Wildman–Crippen MR) is 107 cm³/mol. The minimum Gasteiger partial charge on any atom is -0.496 e. The maximum absolute atomic E-state index is 12.8. The number of carbonyl (C=O) groups is 1. The summed E-state index contributed by atoms with van der Waals surface area (Å²) >= 11 is 0. The van der Waals surface area contributed by atoms with Crippen LogP contribution in [-0.2, 0) is 9.84 Å². The lowest BCUT2D eigenvalue weighted by Crippen LogP contribution is -2.51. The zero-order chi connectivity index (χ0) is 19.9. The van der Waals surface area contributed by atoms with E-state index < -0.39 is 9.84 Å². The number of benzene rings is 1. The second-order valence-electron chi connectivity index (χ2n) is 8.71. The summed E-state index contributed by atoms with van der Waals surface area (Å²) in [5.74, 6) is 1.02. The summed E-state index contributed by atoms with van der Waals surface area (Å²) < 4.78 is 29.0. The van der Waals surface area contributed by atoms with Gasteiger partial charge in [-0.05, 0) is 75.6 Å². The Kier molecular flexibility index (Phi) is 5.16. The summed E-state index contributed by atoms with van der Waals surface area (Å²) in [5, 5.41) is 3.05. The highest BCUT2D eigenvalue weighted by Gasteiger charge is 2.51. The van der Waals surface area contributed by atoms with Crippen molar-refractivity contribution in [3.8, 4) is 5.75 Å². The average Bonchev–Trinajstić information content (AvgIpc) is 3.40. The van der Waals surface area contributed by atoms with E-state index in [2.05, 4.69) is 10.2 Å². The highest BCUT2D eigenvalue weighted by molar-refractivity contribution is 7.90. The fourth-order valence-electron chi connectivity index (χ4n) is 5.64. The van der Waals surface area contributed by atoms with Crippen molar-refractivity contribution in [2.75, 3.05) is 26.5 Å². The summed E-state index contributed by atoms with van der Waals surface area (Å²) in [4.78, 5) is 15.6. The van der Waals surface area contributed by atoms with E-state index in [1.165, 1.54) is 57.8 Å². The Labute approximate surface area is 167 Å². The summed E-state index contributed by atoms with van der Waals surface area (Å²) in [6.45, 7) is 1.72. The first-order valence-corrected chi connectivity index (χ1v) is 12.1. The van der Waals surface area contributed by atoms with Gasteiger partial charge in [-0.15, -0.1) is 0 Å². The van der Waals surface area contributed by atoms with Crippen LogP contribution >= 0.6 is 0 Å². The number of nitrogens with zero attached hydrogens (tertiary/aromatic N) is 1. The summed E-state index contributed by atoms with van der Waals surface area (Å²) in [5.41, 5.74) is 0.639. The van der Waals surface area contributed by atoms with Crippen LogP contribution in [0.25, 0.3) is 0 Å². The van der Waals surface area contributed by atoms with Gasteiger partial charge in [-0.2, -0.15) is 0 Å². The van der Waals surface area contributed by atoms with Gasteiger partial charge in [0.1, 0.15) is 5.75 Å². The molecule has 1 N–H and O–H groups in total. The van der Waals surface area contributed by atoms with Crippen molar-refractivity contribution in [3.63, 3.8) is 0 Å². The molecule has 2 bridgehead atoms. The molecule has 6 nitrogen and oxygen atoms in total. The molecule has 7 heteroatoms. The Balaban J connectivity index is 1.47. The molecule has 3 aliphatic rings. The second-order valence-corrected chi connectivity index (χ2v) is 10.7. The van der Waals surface area contributed by atoms with Gasteiger partial charge in [-0.25, -0.2) is 8.42 Å². The molecule has 2 saturated carbocycles. The number of hydrogen-bond acceptors (Lipinski definition) is 5. The number of fused-ring (bicyclic) bond motifs is 2. The van der Waals surface area contributed by atoms with Crippen LogP contribution in [0, 0.1) is 5.92 Å². The van der Waals surface area contributed by atoms with Gasteiger partial charge in [0.15, 0.2) is 9.84 Å². The molecule has 3 fully saturated rings. The van der Waals surface area contributed by atoms with Gasteiger partial charge >= 0.3 is 0 Å². The average molecular weight is 407 g/mol. The smallest absolute Gasteiger partial charge is 0.255 e. The molecule has 1 aromatic carbocycles. The molecule has 1 aromatic rings. The third-order valence-corrected chi connectivity index (χ3v) is 8.14. The number of nitrogens with one attached hydrogen (secondary N) is 1. The zero-order valence-corrected chi connectivity index (χ0v) is 17.6. The molecular weight excluding hydrogens is 376 g/mol. The van der Waals surface area contributed by atoms with Gasteiger partial charge in [0, 0.05) is 24.4 Å². The summed E-state index contributed by atoms with van der Waals surface area (Å²) in [7, 11) is -1.90. The first-order valence-electron chi connectivity index (χ1n) is 10.3. The van der Waals surface area contributed by atoms with Gasteiger partial charge in [-0.1, -0.05) is 0 Å². The summed E-state index contributed by atoms with van der Waals surface area (Å²) in [6.07, 6.45) is 10.0. The van der Waals surface area contributed by atoms with E-state index in [0.29, 0.717) is 23.9 Å². The quantitative estimate of drug-likeness (QED) is 0.786. The van der Waals surface area contributed by atoms with Gasteiger partial charge in [-0.3, -0.25) is 9.69 Å². The predicted octanol–water partition coefficient (Wildman–Crippen LogP) is 2.63. The number of carbonyl (C=O) groups excluding carboxylic acids is 1. The van der Waals surface area contributed by atoms with Gasteiger partial charge in [0.2, 0.25) is 0 Å². The van der Waals surface area contributed by atoms with E-state index in [1.807, 2.05) is 0 Å². The first kappa shape index (κ1) is 19.7. The lowest BCUT2D eigenvalue weighted by Gasteiger charge is -2.41. The van der Waals surface area contributed by atoms with E-state index >= 15 is 0 Å². The van der Waals surface area contributed by atoms with E-state index in [1.54, 1.807) is 6.07 Å². The topological polar surface area (TPSA) is 75.7 Å². The highest BCUT2D eigenvalue weighted by atomic mass is 32.2. The monoisotopic (exact) mass is 406 g/mol. The maximum atomic E-state index is 12.8. The number of methoxy groups -OCH3 is 1. The first-order chi connectivity index (χ1) is 13.3. The molecule has 1 amide bonds. The highest BCUT2D eigenvalue weighted by Crippen LogP contribution is 2.52. The zero-order valence-electron chi connectivity index (χ0n) is 16.7. The van der Waals surface area contributed by atoms with Crippen molar-refractivity contribution in [2.45, 2.75) is 61.4 Å². The van der Waals surface area contributed by atoms with Crippen molar-refractivity contribution in [3.05, 3.63) is 23.8 Å². The van der Waals surface area contributed by atoms with Crippen LogP contribution in [0.4, 0.5) is 0 Å². The molecule has 1 aliphatic heterocycles. The van der Waals surface area contributed by atoms with E-state index in [4.69, 9.17) is 4.74 Å². The van der Waals surface area contributed by atoms with Gasteiger partial charge in [0.25, 0.3) is 5.91 Å². The molecule has 28 heavy (non-hydrogen) atoms. The molecule has 1 unspecified atom stereocenters. The number of hydrogen-bond donors (Lipinski definition) is 1. The number of rotatable bonds is 6. The van der Waals surface area contributed by atoms with Crippen molar-refractivity contribution >= 4 is 15.7 Å². The molecular formula is C21H30N2O4S. The molecule has 1 saturated heterocycles. The molecule has 154 valence electrons. The molecule has 0 aromatic heterocycles. The Morgan fingerprint density at radius 1 is 1.29 bits per heavy atom. The van der Waals surface area contributed by atoms with Crippen molar-refractivity contribution in [1.82, 2.24) is 10.2 Å². The van der Waals surface area contributed by atoms with Crippen molar-refractivity contribution in [2.24, 2.45) is 5.92 Å². The van der Waals surface area contributed by atoms with Crippen LogP contribution in [0.15, 0.2) is 23.1 Å². The van der Waals surface area contributed by atoms with Crippen molar-refractivity contribution < 1.29 is 17.9 Å². The lowest BCUT2D eigenvalue weighted by atomic mass is 9.91. The largest absolute Gasteiger partial charge is 0.496 e. The minimum atomic E-state index is -3.38. The van der Waals surface area contributed by atoms with Crippen LogP contribution in [0.2, 0.25) is 0 Å². The lowest BCUT2D eigenvalue weighted by molar-refractivity contribution is 0.0748. The Morgan fingerprint density at radius 2 is 2.04 bits per heavy atom. The summed E-state index contributed by atoms with van der Waals surface area (Å²) in [6, 6.07) is 4.79. The standard InChI is InChI=1S/C21H30N2O4S/c1-27-19-6-5-17(28(2,25)26)12-18(19)20(24)22-14-16-4-3-11-23(16)21-9-7-15(13-21)8-10-21/h5-6,12,15-16H,3-4,7-11,13-14H2,1-2H3,(H,22,24).